The number of ether oxygens (including phenoxy) is 3. The van der Waals surface area contributed by atoms with Gasteiger partial charge in [-0.3, -0.25) is 0 Å². The Morgan fingerprint density at radius 1 is 1.18 bits per heavy atom. The number of hydrogen-bond acceptors (Lipinski definition) is 5. The molecular formula is C21H37N3O4. The van der Waals surface area contributed by atoms with Crippen molar-refractivity contribution in [3.8, 4) is 11.5 Å². The van der Waals surface area contributed by atoms with Crippen LogP contribution < -0.4 is 20.1 Å². The van der Waals surface area contributed by atoms with Gasteiger partial charge in [-0.05, 0) is 43.9 Å². The number of hydrogen-bond donors (Lipinski definition) is 3. The van der Waals surface area contributed by atoms with Crippen LogP contribution >= 0.6 is 0 Å². The van der Waals surface area contributed by atoms with E-state index in [1.54, 1.807) is 7.11 Å². The van der Waals surface area contributed by atoms with Gasteiger partial charge in [0, 0.05) is 19.7 Å². The maximum Gasteiger partial charge on any atom is 0.191 e. The van der Waals surface area contributed by atoms with Crippen LogP contribution in [0.25, 0.3) is 0 Å². The van der Waals surface area contributed by atoms with E-state index in [4.69, 9.17) is 19.3 Å². The largest absolute Gasteiger partial charge is 0.493 e. The van der Waals surface area contributed by atoms with Crippen LogP contribution in [0.15, 0.2) is 23.2 Å². The van der Waals surface area contributed by atoms with Gasteiger partial charge in [-0.2, -0.15) is 0 Å². The van der Waals surface area contributed by atoms with Gasteiger partial charge in [0.2, 0.25) is 0 Å². The average molecular weight is 396 g/mol. The predicted molar refractivity (Wildman–Crippen MR) is 113 cm³/mol. The van der Waals surface area contributed by atoms with E-state index in [2.05, 4.69) is 29.5 Å². The van der Waals surface area contributed by atoms with Gasteiger partial charge in [0.15, 0.2) is 17.5 Å². The van der Waals surface area contributed by atoms with Gasteiger partial charge < -0.3 is 30.0 Å². The Kier molecular flexibility index (Phi) is 12.1. The SMILES string of the molecule is CCNC(=NCc1ccc(OCCO)c(OC)c1)NCCC(OCC)C(C)C. The third kappa shape index (κ3) is 8.80. The minimum atomic E-state index is -0.0339. The van der Waals surface area contributed by atoms with Crippen molar-refractivity contribution in [2.45, 2.75) is 46.8 Å². The van der Waals surface area contributed by atoms with E-state index in [1.165, 1.54) is 0 Å². The fraction of sp³-hybridized carbons (Fsp3) is 0.667. The second-order valence-electron chi connectivity index (χ2n) is 6.71. The fourth-order valence-electron chi connectivity index (χ4n) is 2.75. The molecule has 1 aromatic carbocycles. The number of rotatable bonds is 13. The van der Waals surface area contributed by atoms with Crippen LogP contribution in [-0.2, 0) is 11.3 Å². The summed E-state index contributed by atoms with van der Waals surface area (Å²) in [5.41, 5.74) is 1.01. The molecule has 0 saturated carbocycles. The molecule has 160 valence electrons. The molecule has 0 saturated heterocycles. The summed E-state index contributed by atoms with van der Waals surface area (Å²) in [7, 11) is 1.60. The van der Waals surface area contributed by atoms with Gasteiger partial charge >= 0.3 is 0 Å². The number of benzene rings is 1. The highest BCUT2D eigenvalue weighted by Gasteiger charge is 2.13. The average Bonchev–Trinajstić information content (AvgIpc) is 2.69. The molecule has 0 aliphatic heterocycles. The molecule has 1 atom stereocenters. The van der Waals surface area contributed by atoms with E-state index in [0.717, 1.165) is 37.6 Å². The Bertz CT molecular complexity index is 579. The van der Waals surface area contributed by atoms with Crippen molar-refractivity contribution in [3.05, 3.63) is 23.8 Å². The van der Waals surface area contributed by atoms with Crippen molar-refractivity contribution in [1.29, 1.82) is 0 Å². The number of nitrogens with zero attached hydrogens (tertiary/aromatic N) is 1. The van der Waals surface area contributed by atoms with Crippen molar-refractivity contribution in [3.63, 3.8) is 0 Å². The Labute approximate surface area is 169 Å². The number of methoxy groups -OCH3 is 1. The van der Waals surface area contributed by atoms with Crippen LogP contribution in [0.2, 0.25) is 0 Å². The summed E-state index contributed by atoms with van der Waals surface area (Å²) >= 11 is 0. The van der Waals surface area contributed by atoms with Crippen LogP contribution in [0.4, 0.5) is 0 Å². The number of aliphatic hydroxyl groups is 1. The quantitative estimate of drug-likeness (QED) is 0.352. The molecule has 0 amide bonds. The number of guanidine groups is 1. The molecule has 1 unspecified atom stereocenters. The summed E-state index contributed by atoms with van der Waals surface area (Å²) in [5.74, 6) is 2.52. The Morgan fingerprint density at radius 3 is 2.57 bits per heavy atom. The summed E-state index contributed by atoms with van der Waals surface area (Å²) < 4.78 is 16.6. The predicted octanol–water partition coefficient (Wildman–Crippen LogP) is 2.57. The topological polar surface area (TPSA) is 84.3 Å². The van der Waals surface area contributed by atoms with Crippen LogP contribution in [0, 0.1) is 5.92 Å². The number of aliphatic imine (C=N–C) groups is 1. The van der Waals surface area contributed by atoms with E-state index in [1.807, 2.05) is 32.0 Å². The van der Waals surface area contributed by atoms with Crippen LogP contribution in [0.1, 0.15) is 39.7 Å². The lowest BCUT2D eigenvalue weighted by atomic mass is 10.0. The Morgan fingerprint density at radius 2 is 1.96 bits per heavy atom. The summed E-state index contributed by atoms with van der Waals surface area (Å²) in [5, 5.41) is 15.5. The zero-order valence-corrected chi connectivity index (χ0v) is 18.0. The molecule has 0 heterocycles. The second kappa shape index (κ2) is 14.1. The first-order valence-electron chi connectivity index (χ1n) is 10.1. The smallest absolute Gasteiger partial charge is 0.191 e. The summed E-state index contributed by atoms with van der Waals surface area (Å²) in [6.07, 6.45) is 1.18. The second-order valence-corrected chi connectivity index (χ2v) is 6.71. The van der Waals surface area contributed by atoms with Gasteiger partial charge in [-0.15, -0.1) is 0 Å². The first-order valence-corrected chi connectivity index (χ1v) is 10.1. The van der Waals surface area contributed by atoms with Gasteiger partial charge in [0.25, 0.3) is 0 Å². The third-order valence-electron chi connectivity index (χ3n) is 4.19. The number of aliphatic hydroxyl groups excluding tert-OH is 1. The summed E-state index contributed by atoms with van der Waals surface area (Å²) in [4.78, 5) is 4.66. The van der Waals surface area contributed by atoms with E-state index in [-0.39, 0.29) is 19.3 Å². The molecular weight excluding hydrogens is 358 g/mol. The van der Waals surface area contributed by atoms with E-state index in [0.29, 0.717) is 24.0 Å². The van der Waals surface area contributed by atoms with Crippen LogP contribution in [0.5, 0.6) is 11.5 Å². The monoisotopic (exact) mass is 395 g/mol. The summed E-state index contributed by atoms with van der Waals surface area (Å²) in [6, 6.07) is 5.70. The van der Waals surface area contributed by atoms with E-state index < -0.39 is 0 Å². The van der Waals surface area contributed by atoms with Crippen molar-refractivity contribution >= 4 is 5.96 Å². The van der Waals surface area contributed by atoms with Gasteiger partial charge in [0.1, 0.15) is 6.61 Å². The van der Waals surface area contributed by atoms with Crippen molar-refractivity contribution in [2.24, 2.45) is 10.9 Å². The first-order chi connectivity index (χ1) is 13.5. The molecule has 1 rings (SSSR count). The molecule has 0 spiro atoms. The third-order valence-corrected chi connectivity index (χ3v) is 4.19. The minimum Gasteiger partial charge on any atom is -0.493 e. The van der Waals surface area contributed by atoms with Crippen molar-refractivity contribution < 1.29 is 19.3 Å². The zero-order chi connectivity index (χ0) is 20.8. The highest BCUT2D eigenvalue weighted by molar-refractivity contribution is 5.79. The minimum absolute atomic E-state index is 0.0339. The van der Waals surface area contributed by atoms with Gasteiger partial charge in [0.05, 0.1) is 26.4 Å². The zero-order valence-electron chi connectivity index (χ0n) is 18.0. The lowest BCUT2D eigenvalue weighted by Crippen LogP contribution is -2.39. The molecule has 1 aromatic rings. The fourth-order valence-corrected chi connectivity index (χ4v) is 2.75. The highest BCUT2D eigenvalue weighted by atomic mass is 16.5. The lowest BCUT2D eigenvalue weighted by molar-refractivity contribution is 0.0258. The molecule has 28 heavy (non-hydrogen) atoms. The van der Waals surface area contributed by atoms with Crippen molar-refractivity contribution in [2.75, 3.05) is 40.0 Å². The maximum atomic E-state index is 8.90. The van der Waals surface area contributed by atoms with E-state index >= 15 is 0 Å². The maximum absolute atomic E-state index is 8.90. The van der Waals surface area contributed by atoms with Crippen LogP contribution in [0.3, 0.4) is 0 Å². The van der Waals surface area contributed by atoms with Crippen LogP contribution in [-0.4, -0.2) is 57.2 Å². The molecule has 3 N–H and O–H groups in total. The molecule has 0 bridgehead atoms. The molecule has 0 aliphatic rings. The molecule has 7 heteroatoms. The Hall–Kier alpha value is -1.99. The summed E-state index contributed by atoms with van der Waals surface area (Å²) in [6.45, 7) is 11.5. The molecule has 7 nitrogen and oxygen atoms in total. The first kappa shape index (κ1) is 24.0. The molecule has 0 radical (unpaired) electrons. The van der Waals surface area contributed by atoms with Crippen molar-refractivity contribution in [1.82, 2.24) is 10.6 Å². The lowest BCUT2D eigenvalue weighted by Gasteiger charge is -2.21. The molecule has 0 fully saturated rings. The standard InChI is InChI=1S/C21H37N3O4/c1-6-22-21(23-11-10-18(16(3)4)27-7-2)24-15-17-8-9-19(28-13-12-25)20(14-17)26-5/h8-9,14,16,18,25H,6-7,10-13,15H2,1-5H3,(H2,22,23,24). The van der Waals surface area contributed by atoms with E-state index in [9.17, 15) is 0 Å². The number of nitrogens with one attached hydrogen (secondary N) is 2. The van der Waals surface area contributed by atoms with Gasteiger partial charge in [-0.1, -0.05) is 19.9 Å². The van der Waals surface area contributed by atoms with Gasteiger partial charge in [-0.25, -0.2) is 4.99 Å². The molecule has 0 aliphatic carbocycles. The normalized spacial score (nSPS) is 12.8. The molecule has 0 aromatic heterocycles. The Balaban J connectivity index is 2.68. The highest BCUT2D eigenvalue weighted by Crippen LogP contribution is 2.28.